The van der Waals surface area contributed by atoms with Gasteiger partial charge in [-0.1, -0.05) is 0 Å². The molecule has 1 rings (SSSR count). The van der Waals surface area contributed by atoms with Crippen LogP contribution in [0, 0.1) is 10.1 Å². The summed E-state index contributed by atoms with van der Waals surface area (Å²) in [5.41, 5.74) is 1.19. The maximum atomic E-state index is 10.8. The van der Waals surface area contributed by atoms with Crippen molar-refractivity contribution in [3.05, 3.63) is 40.0 Å². The first-order valence-corrected chi connectivity index (χ1v) is 6.36. The maximum absolute atomic E-state index is 10.8. The molecule has 1 aromatic carbocycles. The Hall–Kier alpha value is -2.41. The van der Waals surface area contributed by atoms with Gasteiger partial charge >= 0.3 is 5.97 Å². The van der Waals surface area contributed by atoms with Gasteiger partial charge in [-0.05, 0) is 26.2 Å². The minimum Gasteiger partial charge on any atom is -0.478 e. The number of nitro groups is 1. The van der Waals surface area contributed by atoms with Crippen LogP contribution in [0.25, 0.3) is 6.08 Å². The minimum absolute atomic E-state index is 0.0650. The highest BCUT2D eigenvalue weighted by Gasteiger charge is 2.12. The van der Waals surface area contributed by atoms with Gasteiger partial charge in [0.2, 0.25) is 0 Å². The number of hydrogen-bond donors (Lipinski definition) is 1. The highest BCUT2D eigenvalue weighted by Crippen LogP contribution is 2.26. The molecule has 0 saturated heterocycles. The molecule has 7 nitrogen and oxygen atoms in total. The van der Waals surface area contributed by atoms with Gasteiger partial charge in [-0.25, -0.2) is 4.79 Å². The fourth-order valence-corrected chi connectivity index (χ4v) is 1.77. The van der Waals surface area contributed by atoms with Crippen molar-refractivity contribution in [3.8, 4) is 0 Å². The molecule has 0 spiro atoms. The molecule has 1 N–H and O–H groups in total. The number of nitro benzene ring substituents is 1. The van der Waals surface area contributed by atoms with Crippen LogP contribution in [0.5, 0.6) is 0 Å². The van der Waals surface area contributed by atoms with Crippen LogP contribution >= 0.6 is 0 Å². The number of benzene rings is 1. The molecule has 0 fully saturated rings. The van der Waals surface area contributed by atoms with Crippen LogP contribution in [0.4, 0.5) is 11.4 Å². The molecule has 0 saturated carbocycles. The molecule has 0 atom stereocenters. The quantitative estimate of drug-likeness (QED) is 0.467. The van der Waals surface area contributed by atoms with Crippen molar-refractivity contribution in [1.29, 1.82) is 0 Å². The zero-order valence-electron chi connectivity index (χ0n) is 12.3. The summed E-state index contributed by atoms with van der Waals surface area (Å²) in [5.74, 6) is -1.09. The van der Waals surface area contributed by atoms with Gasteiger partial charge in [0.1, 0.15) is 0 Å². The second-order valence-electron chi connectivity index (χ2n) is 4.90. The molecule has 0 aliphatic heterocycles. The second-order valence-corrected chi connectivity index (χ2v) is 4.90. The van der Waals surface area contributed by atoms with E-state index in [0.29, 0.717) is 5.56 Å². The van der Waals surface area contributed by atoms with Gasteiger partial charge in [-0.3, -0.25) is 10.1 Å². The van der Waals surface area contributed by atoms with Crippen molar-refractivity contribution >= 4 is 23.4 Å². The summed E-state index contributed by atoms with van der Waals surface area (Å²) >= 11 is 0. The molecular formula is C14H19N3O4. The molecule has 1 aromatic rings. The molecule has 0 amide bonds. The van der Waals surface area contributed by atoms with Crippen molar-refractivity contribution in [1.82, 2.24) is 4.90 Å². The standard InChI is InChI=1S/C14H19N3O4/c1-15(2)8-9-16(3)13-6-5-12(17(20)21)10-11(13)4-7-14(18)19/h4-7,10H,8-9H2,1-3H3,(H,18,19). The minimum atomic E-state index is -1.09. The molecule has 0 aliphatic rings. The Labute approximate surface area is 123 Å². The summed E-state index contributed by atoms with van der Waals surface area (Å²) in [4.78, 5) is 24.9. The molecule has 0 aliphatic carbocycles. The Morgan fingerprint density at radius 1 is 1.33 bits per heavy atom. The predicted octanol–water partition coefficient (Wildman–Crippen LogP) is 1.69. The monoisotopic (exact) mass is 293 g/mol. The van der Waals surface area contributed by atoms with Gasteiger partial charge in [0, 0.05) is 49.6 Å². The highest BCUT2D eigenvalue weighted by molar-refractivity contribution is 5.87. The molecule has 21 heavy (non-hydrogen) atoms. The van der Waals surface area contributed by atoms with E-state index in [1.165, 1.54) is 18.2 Å². The molecule has 7 heteroatoms. The van der Waals surface area contributed by atoms with Crippen molar-refractivity contribution < 1.29 is 14.8 Å². The summed E-state index contributed by atoms with van der Waals surface area (Å²) < 4.78 is 0. The zero-order valence-corrected chi connectivity index (χ0v) is 12.3. The van der Waals surface area contributed by atoms with E-state index in [-0.39, 0.29) is 5.69 Å². The van der Waals surface area contributed by atoms with E-state index in [1.54, 1.807) is 6.07 Å². The first-order chi connectivity index (χ1) is 9.81. The fraction of sp³-hybridized carbons (Fsp3) is 0.357. The average molecular weight is 293 g/mol. The number of carbonyl (C=O) groups is 1. The lowest BCUT2D eigenvalue weighted by molar-refractivity contribution is -0.384. The lowest BCUT2D eigenvalue weighted by Crippen LogP contribution is -2.28. The van der Waals surface area contributed by atoms with Crippen LogP contribution in [-0.4, -0.2) is 55.1 Å². The fourth-order valence-electron chi connectivity index (χ4n) is 1.77. The number of nitrogens with zero attached hydrogens (tertiary/aromatic N) is 3. The van der Waals surface area contributed by atoms with E-state index in [2.05, 4.69) is 0 Å². The topological polar surface area (TPSA) is 86.9 Å². The number of carboxylic acid groups (broad SMARTS) is 1. The summed E-state index contributed by atoms with van der Waals surface area (Å²) in [6, 6.07) is 4.43. The maximum Gasteiger partial charge on any atom is 0.328 e. The normalized spacial score (nSPS) is 11.0. The van der Waals surface area contributed by atoms with Crippen molar-refractivity contribution in [2.75, 3.05) is 39.1 Å². The van der Waals surface area contributed by atoms with Crippen LogP contribution in [0.2, 0.25) is 0 Å². The summed E-state index contributed by atoms with van der Waals surface area (Å²) in [6.45, 7) is 1.54. The molecule has 114 valence electrons. The van der Waals surface area contributed by atoms with Crippen LogP contribution in [0.1, 0.15) is 5.56 Å². The van der Waals surface area contributed by atoms with Crippen molar-refractivity contribution in [2.45, 2.75) is 0 Å². The van der Waals surface area contributed by atoms with Gasteiger partial charge in [-0.15, -0.1) is 0 Å². The molecule has 0 radical (unpaired) electrons. The van der Waals surface area contributed by atoms with Crippen molar-refractivity contribution in [2.24, 2.45) is 0 Å². The number of likely N-dealkylation sites (N-methyl/N-ethyl adjacent to an activating group) is 2. The first-order valence-electron chi connectivity index (χ1n) is 6.36. The first kappa shape index (κ1) is 16.6. The van der Waals surface area contributed by atoms with E-state index in [0.717, 1.165) is 24.9 Å². The van der Waals surface area contributed by atoms with Crippen LogP contribution < -0.4 is 4.90 Å². The lowest BCUT2D eigenvalue weighted by Gasteiger charge is -2.23. The largest absolute Gasteiger partial charge is 0.478 e. The Morgan fingerprint density at radius 2 is 2.00 bits per heavy atom. The zero-order chi connectivity index (χ0) is 16.0. The van der Waals surface area contributed by atoms with Gasteiger partial charge in [0.05, 0.1) is 4.92 Å². The smallest absolute Gasteiger partial charge is 0.328 e. The summed E-state index contributed by atoms with van der Waals surface area (Å²) in [7, 11) is 5.77. The van der Waals surface area contributed by atoms with Crippen LogP contribution in [0.15, 0.2) is 24.3 Å². The molecule has 0 aromatic heterocycles. The second kappa shape index (κ2) is 7.39. The van der Waals surface area contributed by atoms with Gasteiger partial charge < -0.3 is 14.9 Å². The third-order valence-corrected chi connectivity index (χ3v) is 2.92. The number of anilines is 1. The van der Waals surface area contributed by atoms with E-state index in [4.69, 9.17) is 5.11 Å². The highest BCUT2D eigenvalue weighted by atomic mass is 16.6. The van der Waals surface area contributed by atoms with E-state index >= 15 is 0 Å². The predicted molar refractivity (Wildman–Crippen MR) is 81.6 cm³/mol. The van der Waals surface area contributed by atoms with E-state index in [9.17, 15) is 14.9 Å². The summed E-state index contributed by atoms with van der Waals surface area (Å²) in [6.07, 6.45) is 2.35. The van der Waals surface area contributed by atoms with Crippen LogP contribution in [-0.2, 0) is 4.79 Å². The molecule has 0 bridgehead atoms. The number of hydrogen-bond acceptors (Lipinski definition) is 5. The van der Waals surface area contributed by atoms with E-state index in [1.807, 2.05) is 30.9 Å². The van der Waals surface area contributed by atoms with Gasteiger partial charge in [0.25, 0.3) is 5.69 Å². The average Bonchev–Trinajstić information content (AvgIpc) is 2.41. The Bertz CT molecular complexity index is 555. The molecule has 0 unspecified atom stereocenters. The number of non-ortho nitro benzene ring substituents is 1. The van der Waals surface area contributed by atoms with Gasteiger partial charge in [-0.2, -0.15) is 0 Å². The Kier molecular flexibility index (Phi) is 5.86. The Balaban J connectivity index is 3.11. The molecular weight excluding hydrogens is 274 g/mol. The molecule has 0 heterocycles. The Morgan fingerprint density at radius 3 is 2.52 bits per heavy atom. The van der Waals surface area contributed by atoms with Crippen LogP contribution in [0.3, 0.4) is 0 Å². The third kappa shape index (κ3) is 5.23. The van der Waals surface area contributed by atoms with Crippen molar-refractivity contribution in [3.63, 3.8) is 0 Å². The summed E-state index contributed by atoms with van der Waals surface area (Å²) in [5, 5.41) is 19.6. The van der Waals surface area contributed by atoms with Gasteiger partial charge in [0.15, 0.2) is 0 Å². The number of aliphatic carboxylic acids is 1. The lowest BCUT2D eigenvalue weighted by atomic mass is 10.1. The number of rotatable bonds is 7. The third-order valence-electron chi connectivity index (χ3n) is 2.92. The number of carboxylic acids is 1. The SMILES string of the molecule is CN(C)CCN(C)c1ccc([N+](=O)[O-])cc1C=CC(=O)O. The van der Waals surface area contributed by atoms with E-state index < -0.39 is 10.9 Å².